The molecule has 0 heterocycles. The summed E-state index contributed by atoms with van der Waals surface area (Å²) in [5, 5.41) is 0. The zero-order chi connectivity index (χ0) is 12.7. The van der Waals surface area contributed by atoms with Crippen LogP contribution in [0.1, 0.15) is 17.5 Å². The van der Waals surface area contributed by atoms with Crippen LogP contribution in [-0.4, -0.2) is 37.5 Å². The summed E-state index contributed by atoms with van der Waals surface area (Å²) in [4.78, 5) is 2.25. The fourth-order valence-electron chi connectivity index (χ4n) is 1.77. The molecule has 0 bridgehead atoms. The molecule has 0 saturated carbocycles. The van der Waals surface area contributed by atoms with Gasteiger partial charge in [0.25, 0.3) is 0 Å². The summed E-state index contributed by atoms with van der Waals surface area (Å²) in [6, 6.07) is 6.23. The van der Waals surface area contributed by atoms with Gasteiger partial charge in [0.15, 0.2) is 0 Å². The van der Waals surface area contributed by atoms with Crippen molar-refractivity contribution in [3.8, 4) is 5.75 Å². The lowest BCUT2D eigenvalue weighted by molar-refractivity contribution is 0.236. The fourth-order valence-corrected chi connectivity index (χ4v) is 1.89. The first-order valence-corrected chi connectivity index (χ1v) is 6.62. The second-order valence-corrected chi connectivity index (χ2v) is 4.79. The van der Waals surface area contributed by atoms with Crippen LogP contribution in [0.15, 0.2) is 18.2 Å². The minimum atomic E-state index is 0.724. The van der Waals surface area contributed by atoms with Gasteiger partial charge < -0.3 is 9.64 Å². The lowest BCUT2D eigenvalue weighted by atomic mass is 10.1. The van der Waals surface area contributed by atoms with Gasteiger partial charge in [-0.25, -0.2) is 0 Å². The summed E-state index contributed by atoms with van der Waals surface area (Å²) in [7, 11) is 2.10. The van der Waals surface area contributed by atoms with Gasteiger partial charge in [0.2, 0.25) is 0 Å². The molecule has 1 aromatic rings. The molecule has 2 nitrogen and oxygen atoms in total. The van der Waals surface area contributed by atoms with Gasteiger partial charge in [-0.2, -0.15) is 0 Å². The van der Waals surface area contributed by atoms with Gasteiger partial charge in [0, 0.05) is 12.4 Å². The molecule has 0 N–H and O–H groups in total. The largest absolute Gasteiger partial charge is 0.492 e. The molecular formula is C14H22ClNO. The molecule has 0 atom stereocenters. The van der Waals surface area contributed by atoms with Gasteiger partial charge >= 0.3 is 0 Å². The molecule has 17 heavy (non-hydrogen) atoms. The maximum Gasteiger partial charge on any atom is 0.125 e. The Kier molecular flexibility index (Phi) is 6.38. The summed E-state index contributed by atoms with van der Waals surface area (Å²) >= 11 is 5.66. The van der Waals surface area contributed by atoms with E-state index >= 15 is 0 Å². The van der Waals surface area contributed by atoms with E-state index in [0.29, 0.717) is 0 Å². The number of ether oxygens (including phenoxy) is 1. The number of alkyl halides is 1. The van der Waals surface area contributed by atoms with Crippen molar-refractivity contribution in [2.75, 3.05) is 32.6 Å². The molecule has 0 aromatic heterocycles. The topological polar surface area (TPSA) is 12.5 Å². The van der Waals surface area contributed by atoms with E-state index in [0.717, 1.165) is 37.7 Å². The molecular weight excluding hydrogens is 234 g/mol. The third kappa shape index (κ3) is 4.97. The van der Waals surface area contributed by atoms with Gasteiger partial charge in [-0.05, 0) is 45.0 Å². The second kappa shape index (κ2) is 7.57. The van der Waals surface area contributed by atoms with E-state index in [1.807, 2.05) is 0 Å². The first-order valence-electron chi connectivity index (χ1n) is 6.08. The number of hydrogen-bond donors (Lipinski definition) is 0. The Balaban J connectivity index is 2.35. The molecule has 1 aromatic carbocycles. The Morgan fingerprint density at radius 3 is 2.41 bits per heavy atom. The summed E-state index contributed by atoms with van der Waals surface area (Å²) in [5.41, 5.74) is 2.40. The smallest absolute Gasteiger partial charge is 0.125 e. The lowest BCUT2D eigenvalue weighted by Crippen LogP contribution is -2.25. The maximum atomic E-state index is 5.84. The summed E-state index contributed by atoms with van der Waals surface area (Å²) in [6.07, 6.45) is 1.03. The molecule has 0 aliphatic rings. The first kappa shape index (κ1) is 14.3. The zero-order valence-corrected chi connectivity index (χ0v) is 11.8. The van der Waals surface area contributed by atoms with E-state index in [9.17, 15) is 0 Å². The Morgan fingerprint density at radius 2 is 1.82 bits per heavy atom. The van der Waals surface area contributed by atoms with Crippen LogP contribution in [0.4, 0.5) is 0 Å². The van der Waals surface area contributed by atoms with Crippen molar-refractivity contribution in [3.05, 3.63) is 29.3 Å². The third-order valence-electron chi connectivity index (χ3n) is 2.80. The van der Waals surface area contributed by atoms with E-state index in [2.05, 4.69) is 44.0 Å². The van der Waals surface area contributed by atoms with Crippen LogP contribution in [0.5, 0.6) is 5.75 Å². The van der Waals surface area contributed by atoms with Crippen LogP contribution in [0.2, 0.25) is 0 Å². The van der Waals surface area contributed by atoms with E-state index < -0.39 is 0 Å². The van der Waals surface area contributed by atoms with Crippen LogP contribution < -0.4 is 4.74 Å². The van der Waals surface area contributed by atoms with Gasteiger partial charge in [0.1, 0.15) is 12.4 Å². The van der Waals surface area contributed by atoms with Gasteiger partial charge in [-0.15, -0.1) is 11.6 Å². The second-order valence-electron chi connectivity index (χ2n) is 4.42. The Hall–Kier alpha value is -0.730. The number of hydrogen-bond acceptors (Lipinski definition) is 2. The first-order chi connectivity index (χ1) is 8.15. The number of likely N-dealkylation sites (N-methyl/N-ethyl adjacent to an activating group) is 1. The highest BCUT2D eigenvalue weighted by molar-refractivity contribution is 6.17. The standard InChI is InChI=1S/C14H22ClNO/c1-12-6-4-7-13(2)14(12)17-11-10-16(3)9-5-8-15/h4,6-7H,5,8-11H2,1-3H3. The monoisotopic (exact) mass is 255 g/mol. The van der Waals surface area contributed by atoms with Gasteiger partial charge in [-0.1, -0.05) is 18.2 Å². The van der Waals surface area contributed by atoms with Crippen LogP contribution in [-0.2, 0) is 0 Å². The summed E-state index contributed by atoms with van der Waals surface area (Å²) < 4.78 is 5.84. The van der Waals surface area contributed by atoms with Crippen LogP contribution in [0.25, 0.3) is 0 Å². The quantitative estimate of drug-likeness (QED) is 0.694. The molecule has 0 amide bonds. The maximum absolute atomic E-state index is 5.84. The highest BCUT2D eigenvalue weighted by Gasteiger charge is 2.03. The SMILES string of the molecule is Cc1cccc(C)c1OCCN(C)CCCCl. The Bertz CT molecular complexity index is 321. The van der Waals surface area contributed by atoms with Gasteiger partial charge in [0.05, 0.1) is 0 Å². The molecule has 96 valence electrons. The fraction of sp³-hybridized carbons (Fsp3) is 0.571. The minimum Gasteiger partial charge on any atom is -0.492 e. The molecule has 0 aliphatic heterocycles. The highest BCUT2D eigenvalue weighted by atomic mass is 35.5. The average molecular weight is 256 g/mol. The van der Waals surface area contributed by atoms with E-state index in [1.54, 1.807) is 0 Å². The lowest BCUT2D eigenvalue weighted by Gasteiger charge is -2.17. The predicted molar refractivity (Wildman–Crippen MR) is 74.2 cm³/mol. The van der Waals surface area contributed by atoms with Crippen molar-refractivity contribution in [2.24, 2.45) is 0 Å². The normalized spacial score (nSPS) is 10.9. The molecule has 0 aliphatic carbocycles. The van der Waals surface area contributed by atoms with E-state index in [1.165, 1.54) is 11.1 Å². The summed E-state index contributed by atoms with van der Waals surface area (Å²) in [5.74, 6) is 1.75. The van der Waals surface area contributed by atoms with Crippen molar-refractivity contribution in [3.63, 3.8) is 0 Å². The molecule has 0 unspecified atom stereocenters. The van der Waals surface area contributed by atoms with Crippen molar-refractivity contribution < 1.29 is 4.74 Å². The number of rotatable bonds is 7. The van der Waals surface area contributed by atoms with Crippen molar-refractivity contribution in [2.45, 2.75) is 20.3 Å². The number of aryl methyl sites for hydroxylation is 2. The number of halogens is 1. The molecule has 3 heteroatoms. The Labute approximate surface area is 110 Å². The molecule has 1 rings (SSSR count). The van der Waals surface area contributed by atoms with Crippen LogP contribution in [0.3, 0.4) is 0 Å². The number of nitrogens with zero attached hydrogens (tertiary/aromatic N) is 1. The summed E-state index contributed by atoms with van der Waals surface area (Å²) in [6.45, 7) is 6.86. The average Bonchev–Trinajstić information content (AvgIpc) is 2.30. The molecule has 0 spiro atoms. The molecule has 0 fully saturated rings. The molecule has 0 saturated heterocycles. The van der Waals surface area contributed by atoms with Crippen molar-refractivity contribution >= 4 is 11.6 Å². The van der Waals surface area contributed by atoms with E-state index in [4.69, 9.17) is 16.3 Å². The van der Waals surface area contributed by atoms with Crippen molar-refractivity contribution in [1.29, 1.82) is 0 Å². The van der Waals surface area contributed by atoms with Crippen molar-refractivity contribution in [1.82, 2.24) is 4.90 Å². The highest BCUT2D eigenvalue weighted by Crippen LogP contribution is 2.21. The third-order valence-corrected chi connectivity index (χ3v) is 3.07. The number of para-hydroxylation sites is 1. The zero-order valence-electron chi connectivity index (χ0n) is 11.0. The van der Waals surface area contributed by atoms with Crippen LogP contribution in [0, 0.1) is 13.8 Å². The predicted octanol–water partition coefficient (Wildman–Crippen LogP) is 3.24. The van der Waals surface area contributed by atoms with Crippen LogP contribution >= 0.6 is 11.6 Å². The van der Waals surface area contributed by atoms with E-state index in [-0.39, 0.29) is 0 Å². The minimum absolute atomic E-state index is 0.724. The van der Waals surface area contributed by atoms with Gasteiger partial charge in [-0.3, -0.25) is 0 Å². The number of benzene rings is 1. The molecule has 0 radical (unpaired) electrons. The Morgan fingerprint density at radius 1 is 1.18 bits per heavy atom.